The minimum Gasteiger partial charge on any atom is -0.366 e. The highest BCUT2D eigenvalue weighted by molar-refractivity contribution is 9.10. The minimum atomic E-state index is -0.277. The van der Waals surface area contributed by atoms with Crippen LogP contribution in [-0.4, -0.2) is 22.4 Å². The van der Waals surface area contributed by atoms with E-state index in [9.17, 15) is 4.79 Å². The lowest BCUT2D eigenvalue weighted by atomic mass is 10.2. The van der Waals surface area contributed by atoms with Crippen LogP contribution in [0.15, 0.2) is 47.7 Å². The highest BCUT2D eigenvalue weighted by atomic mass is 79.9. The predicted octanol–water partition coefficient (Wildman–Crippen LogP) is 3.40. The van der Waals surface area contributed by atoms with Crippen molar-refractivity contribution in [3.63, 3.8) is 0 Å². The van der Waals surface area contributed by atoms with Crippen molar-refractivity contribution in [2.75, 3.05) is 17.2 Å². The molecule has 1 amide bonds. The van der Waals surface area contributed by atoms with Gasteiger partial charge in [0.05, 0.1) is 0 Å². The molecule has 2 aromatic rings. The van der Waals surface area contributed by atoms with Crippen LogP contribution < -0.4 is 10.6 Å². The Morgan fingerprint density at radius 1 is 1.38 bits per heavy atom. The van der Waals surface area contributed by atoms with Gasteiger partial charge in [0.2, 0.25) is 0 Å². The molecule has 2 rings (SSSR count). The molecule has 0 saturated heterocycles. The number of nitrogens with zero attached hydrogens (tertiary/aromatic N) is 2. The van der Waals surface area contributed by atoms with Gasteiger partial charge in [-0.1, -0.05) is 22.0 Å². The normalized spacial score (nSPS) is 10.0. The molecule has 1 heterocycles. The van der Waals surface area contributed by atoms with Crippen molar-refractivity contribution in [3.8, 4) is 0 Å². The fraction of sp³-hybridized carbons (Fsp3) is 0.133. The Morgan fingerprint density at radius 3 is 2.90 bits per heavy atom. The van der Waals surface area contributed by atoms with Crippen LogP contribution in [0.3, 0.4) is 0 Å². The number of carbonyl (C=O) groups excluding carboxylic acids is 1. The highest BCUT2D eigenvalue weighted by Gasteiger charge is 2.09. The summed E-state index contributed by atoms with van der Waals surface area (Å²) in [7, 11) is 0. The van der Waals surface area contributed by atoms with Gasteiger partial charge in [0.15, 0.2) is 0 Å². The van der Waals surface area contributed by atoms with E-state index in [-0.39, 0.29) is 5.91 Å². The summed E-state index contributed by atoms with van der Waals surface area (Å²) in [5.41, 5.74) is 2.07. The number of aryl methyl sites for hydroxylation is 1. The van der Waals surface area contributed by atoms with Crippen molar-refractivity contribution >= 4 is 33.3 Å². The number of anilines is 2. The van der Waals surface area contributed by atoms with Gasteiger partial charge in [-0.05, 0) is 30.7 Å². The minimum absolute atomic E-state index is 0.277. The molecule has 2 N–H and O–H groups in total. The molecule has 0 spiro atoms. The topological polar surface area (TPSA) is 66.9 Å². The van der Waals surface area contributed by atoms with Crippen LogP contribution in [-0.2, 0) is 0 Å². The number of amides is 1. The summed E-state index contributed by atoms with van der Waals surface area (Å²) in [5, 5.41) is 5.83. The first-order valence-electron chi connectivity index (χ1n) is 6.34. The van der Waals surface area contributed by atoms with E-state index in [1.54, 1.807) is 12.1 Å². The summed E-state index contributed by atoms with van der Waals surface area (Å²) in [5.74, 6) is 0.308. The molecular formula is C15H15BrN4O. The molecule has 0 aliphatic carbocycles. The molecule has 0 saturated carbocycles. The zero-order valence-electron chi connectivity index (χ0n) is 11.6. The van der Waals surface area contributed by atoms with Crippen molar-refractivity contribution < 1.29 is 4.79 Å². The Morgan fingerprint density at radius 2 is 2.19 bits per heavy atom. The van der Waals surface area contributed by atoms with E-state index in [2.05, 4.69) is 43.1 Å². The molecule has 0 unspecified atom stereocenters. The van der Waals surface area contributed by atoms with Gasteiger partial charge in [-0.3, -0.25) is 4.79 Å². The molecule has 0 bridgehead atoms. The fourth-order valence-corrected chi connectivity index (χ4v) is 1.92. The van der Waals surface area contributed by atoms with Crippen LogP contribution >= 0.6 is 15.9 Å². The first kappa shape index (κ1) is 15.2. The Bertz CT molecular complexity index is 672. The number of hydrogen-bond donors (Lipinski definition) is 2. The fourth-order valence-electron chi connectivity index (χ4n) is 1.67. The molecule has 0 aliphatic rings. The maximum absolute atomic E-state index is 12.2. The molecule has 1 aromatic carbocycles. The van der Waals surface area contributed by atoms with E-state index in [4.69, 9.17) is 0 Å². The quantitative estimate of drug-likeness (QED) is 0.814. The number of benzene rings is 1. The lowest BCUT2D eigenvalue weighted by Gasteiger charge is -2.08. The summed E-state index contributed by atoms with van der Waals surface area (Å²) in [6.45, 7) is 6.15. The van der Waals surface area contributed by atoms with Crippen LogP contribution in [0.5, 0.6) is 0 Å². The Labute approximate surface area is 131 Å². The van der Waals surface area contributed by atoms with Crippen LogP contribution in [0.25, 0.3) is 0 Å². The van der Waals surface area contributed by atoms with Gasteiger partial charge in [-0.25, -0.2) is 9.97 Å². The third-order valence-corrected chi connectivity index (χ3v) is 3.63. The lowest BCUT2D eigenvalue weighted by molar-refractivity contribution is 0.102. The lowest BCUT2D eigenvalue weighted by Crippen LogP contribution is -2.14. The van der Waals surface area contributed by atoms with E-state index < -0.39 is 0 Å². The molecule has 21 heavy (non-hydrogen) atoms. The summed E-state index contributed by atoms with van der Waals surface area (Å²) < 4.78 is 0.999. The molecule has 108 valence electrons. The molecule has 6 heteroatoms. The van der Waals surface area contributed by atoms with Gasteiger partial charge in [-0.15, -0.1) is 6.58 Å². The highest BCUT2D eigenvalue weighted by Crippen LogP contribution is 2.20. The smallest absolute Gasteiger partial charge is 0.274 e. The van der Waals surface area contributed by atoms with E-state index in [1.165, 1.54) is 6.33 Å². The van der Waals surface area contributed by atoms with Gasteiger partial charge in [0.1, 0.15) is 17.8 Å². The van der Waals surface area contributed by atoms with Crippen molar-refractivity contribution in [1.82, 2.24) is 9.97 Å². The van der Waals surface area contributed by atoms with Gasteiger partial charge < -0.3 is 10.6 Å². The average Bonchev–Trinajstić information content (AvgIpc) is 2.49. The number of aromatic nitrogens is 2. The van der Waals surface area contributed by atoms with Gasteiger partial charge in [-0.2, -0.15) is 0 Å². The van der Waals surface area contributed by atoms with Gasteiger partial charge >= 0.3 is 0 Å². The Hall–Kier alpha value is -2.21. The van der Waals surface area contributed by atoms with Crippen molar-refractivity contribution in [2.45, 2.75) is 6.92 Å². The third kappa shape index (κ3) is 4.13. The molecule has 5 nitrogen and oxygen atoms in total. The SMILES string of the molecule is C=CCNc1cc(C(=O)Nc2ccc(Br)c(C)c2)ncn1. The maximum Gasteiger partial charge on any atom is 0.274 e. The second-order valence-electron chi connectivity index (χ2n) is 4.38. The molecule has 0 fully saturated rings. The van der Waals surface area contributed by atoms with Crippen molar-refractivity contribution in [2.24, 2.45) is 0 Å². The van der Waals surface area contributed by atoms with Crippen LogP contribution in [0.1, 0.15) is 16.1 Å². The number of rotatable bonds is 5. The van der Waals surface area contributed by atoms with Crippen LogP contribution in [0.2, 0.25) is 0 Å². The first-order chi connectivity index (χ1) is 10.1. The molecule has 1 aromatic heterocycles. The summed E-state index contributed by atoms with van der Waals surface area (Å²) in [6, 6.07) is 7.21. The average molecular weight is 347 g/mol. The maximum atomic E-state index is 12.2. The number of nitrogens with one attached hydrogen (secondary N) is 2. The summed E-state index contributed by atoms with van der Waals surface area (Å²) in [6.07, 6.45) is 3.07. The zero-order chi connectivity index (χ0) is 15.2. The van der Waals surface area contributed by atoms with E-state index in [0.29, 0.717) is 18.1 Å². The largest absolute Gasteiger partial charge is 0.366 e. The molecule has 0 radical (unpaired) electrons. The molecule has 0 aliphatic heterocycles. The monoisotopic (exact) mass is 346 g/mol. The van der Waals surface area contributed by atoms with Gasteiger partial charge in [0, 0.05) is 22.8 Å². The van der Waals surface area contributed by atoms with Crippen LogP contribution in [0, 0.1) is 6.92 Å². The van der Waals surface area contributed by atoms with Crippen molar-refractivity contribution in [3.05, 3.63) is 59.0 Å². The Balaban J connectivity index is 2.12. The standard InChI is InChI=1S/C15H15BrN4O/c1-3-6-17-14-8-13(18-9-19-14)15(21)20-11-4-5-12(16)10(2)7-11/h3-5,7-9H,1,6H2,2H3,(H,20,21)(H,17,18,19). The predicted molar refractivity (Wildman–Crippen MR) is 87.6 cm³/mol. The summed E-state index contributed by atoms with van der Waals surface area (Å²) in [4.78, 5) is 20.2. The Kier molecular flexibility index (Phi) is 5.05. The van der Waals surface area contributed by atoms with E-state index in [0.717, 1.165) is 15.7 Å². The number of halogens is 1. The first-order valence-corrected chi connectivity index (χ1v) is 7.14. The molecular weight excluding hydrogens is 332 g/mol. The zero-order valence-corrected chi connectivity index (χ0v) is 13.1. The van der Waals surface area contributed by atoms with Crippen molar-refractivity contribution in [1.29, 1.82) is 0 Å². The van der Waals surface area contributed by atoms with Gasteiger partial charge in [0.25, 0.3) is 5.91 Å². The third-order valence-electron chi connectivity index (χ3n) is 2.74. The van der Waals surface area contributed by atoms with E-state index >= 15 is 0 Å². The second kappa shape index (κ2) is 6.99. The van der Waals surface area contributed by atoms with E-state index in [1.807, 2.05) is 25.1 Å². The number of hydrogen-bond acceptors (Lipinski definition) is 4. The molecule has 0 atom stereocenters. The second-order valence-corrected chi connectivity index (χ2v) is 5.23. The summed E-state index contributed by atoms with van der Waals surface area (Å²) >= 11 is 3.42. The number of carbonyl (C=O) groups is 1. The van der Waals surface area contributed by atoms with Crippen LogP contribution in [0.4, 0.5) is 11.5 Å².